The normalized spacial score (nSPS) is 11.3. The summed E-state index contributed by atoms with van der Waals surface area (Å²) in [6, 6.07) is 3.52. The Bertz CT molecular complexity index is 388. The van der Waals surface area contributed by atoms with Crippen LogP contribution in [0, 0.1) is 6.92 Å². The zero-order valence-electron chi connectivity index (χ0n) is 8.66. The van der Waals surface area contributed by atoms with Crippen LogP contribution in [0.1, 0.15) is 23.1 Å². The number of aromatic nitrogens is 1. The zero-order valence-corrected chi connectivity index (χ0v) is 9.41. The third-order valence-electron chi connectivity index (χ3n) is 1.78. The van der Waals surface area contributed by atoms with E-state index in [-0.39, 0.29) is 0 Å². The van der Waals surface area contributed by atoms with E-state index in [0.717, 1.165) is 11.3 Å². The molecular weight excluding hydrogens is 214 g/mol. The summed E-state index contributed by atoms with van der Waals surface area (Å²) < 4.78 is 5.39. The molecule has 80 valence electrons. The molecule has 0 aliphatic heterocycles. The lowest BCUT2D eigenvalue weighted by molar-refractivity contribution is 0.111. The van der Waals surface area contributed by atoms with Crippen molar-refractivity contribution in [3.63, 3.8) is 0 Å². The Labute approximate surface area is 93.7 Å². The Morgan fingerprint density at radius 2 is 2.33 bits per heavy atom. The third kappa shape index (κ3) is 3.36. The van der Waals surface area contributed by atoms with Crippen LogP contribution in [0.3, 0.4) is 0 Å². The summed E-state index contributed by atoms with van der Waals surface area (Å²) in [7, 11) is 0. The number of nitrogens with zero attached hydrogens (tertiary/aromatic N) is 1. The molecular formula is C11H12ClNO2. The fraction of sp³-hybridized carbons (Fsp3) is 0.273. The number of halogens is 1. The lowest BCUT2D eigenvalue weighted by Crippen LogP contribution is -2.02. The molecule has 0 bridgehead atoms. The van der Waals surface area contributed by atoms with Gasteiger partial charge in [-0.05, 0) is 31.6 Å². The molecule has 4 heteroatoms. The SMILES string of the molecule is C/C(=C/Cl)COc1ccc(C)nc1C=O. The molecule has 0 amide bonds. The average Bonchev–Trinajstić information content (AvgIpc) is 2.26. The zero-order chi connectivity index (χ0) is 11.3. The molecule has 0 aliphatic rings. The first-order chi connectivity index (χ1) is 7.17. The van der Waals surface area contributed by atoms with Gasteiger partial charge in [0.1, 0.15) is 18.1 Å². The molecule has 0 aliphatic carbocycles. The van der Waals surface area contributed by atoms with Gasteiger partial charge < -0.3 is 4.74 Å². The number of hydrogen-bond donors (Lipinski definition) is 0. The summed E-state index contributed by atoms with van der Waals surface area (Å²) in [5.41, 5.74) is 3.43. The highest BCUT2D eigenvalue weighted by Crippen LogP contribution is 2.15. The van der Waals surface area contributed by atoms with E-state index in [4.69, 9.17) is 16.3 Å². The van der Waals surface area contributed by atoms with E-state index in [1.165, 1.54) is 5.54 Å². The Morgan fingerprint density at radius 3 is 2.93 bits per heavy atom. The molecule has 1 rings (SSSR count). The van der Waals surface area contributed by atoms with Crippen molar-refractivity contribution in [2.45, 2.75) is 13.8 Å². The van der Waals surface area contributed by atoms with Crippen LogP contribution in [-0.2, 0) is 0 Å². The van der Waals surface area contributed by atoms with Crippen LogP contribution in [0.25, 0.3) is 0 Å². The summed E-state index contributed by atoms with van der Waals surface area (Å²) in [5, 5.41) is 0. The van der Waals surface area contributed by atoms with Gasteiger partial charge in [0.25, 0.3) is 0 Å². The monoisotopic (exact) mass is 225 g/mol. The maximum absolute atomic E-state index is 10.7. The first-order valence-corrected chi connectivity index (χ1v) is 4.92. The highest BCUT2D eigenvalue weighted by atomic mass is 35.5. The summed E-state index contributed by atoms with van der Waals surface area (Å²) in [6.45, 7) is 4.02. The molecule has 15 heavy (non-hydrogen) atoms. The van der Waals surface area contributed by atoms with E-state index in [9.17, 15) is 4.79 Å². The van der Waals surface area contributed by atoms with E-state index in [2.05, 4.69) is 4.98 Å². The number of aryl methyl sites for hydroxylation is 1. The summed E-state index contributed by atoms with van der Waals surface area (Å²) in [5.74, 6) is 0.480. The van der Waals surface area contributed by atoms with Crippen LogP contribution in [0.15, 0.2) is 23.2 Å². The molecule has 1 aromatic rings. The van der Waals surface area contributed by atoms with Crippen molar-refractivity contribution in [3.8, 4) is 5.75 Å². The number of rotatable bonds is 4. The number of pyridine rings is 1. The Balaban J connectivity index is 2.80. The maximum atomic E-state index is 10.7. The molecule has 3 nitrogen and oxygen atoms in total. The van der Waals surface area contributed by atoms with Gasteiger partial charge in [-0.2, -0.15) is 0 Å². The van der Waals surface area contributed by atoms with Gasteiger partial charge in [-0.25, -0.2) is 4.98 Å². The summed E-state index contributed by atoms with van der Waals surface area (Å²) in [4.78, 5) is 14.8. The van der Waals surface area contributed by atoms with Crippen molar-refractivity contribution in [2.24, 2.45) is 0 Å². The fourth-order valence-electron chi connectivity index (χ4n) is 0.994. The lowest BCUT2D eigenvalue weighted by atomic mass is 10.3. The van der Waals surface area contributed by atoms with E-state index in [1.807, 2.05) is 13.8 Å². The van der Waals surface area contributed by atoms with Gasteiger partial charge in [-0.15, -0.1) is 0 Å². The highest BCUT2D eigenvalue weighted by Gasteiger charge is 2.04. The van der Waals surface area contributed by atoms with E-state index >= 15 is 0 Å². The standard InChI is InChI=1S/C11H12ClNO2/c1-8(5-12)7-15-11-4-3-9(2)13-10(11)6-14/h3-6H,7H2,1-2H3/b8-5-. The molecule has 0 saturated carbocycles. The molecule has 0 saturated heterocycles. The predicted molar refractivity (Wildman–Crippen MR) is 59.5 cm³/mol. The minimum atomic E-state index is 0.317. The predicted octanol–water partition coefficient (Wildman–Crippen LogP) is 2.72. The van der Waals surface area contributed by atoms with Gasteiger partial charge in [0.15, 0.2) is 6.29 Å². The minimum absolute atomic E-state index is 0.317. The van der Waals surface area contributed by atoms with E-state index in [1.54, 1.807) is 12.1 Å². The summed E-state index contributed by atoms with van der Waals surface area (Å²) in [6.07, 6.45) is 0.683. The molecule has 0 radical (unpaired) electrons. The van der Waals surface area contributed by atoms with E-state index < -0.39 is 0 Å². The van der Waals surface area contributed by atoms with Crippen molar-refractivity contribution in [1.29, 1.82) is 0 Å². The number of ether oxygens (including phenoxy) is 1. The number of carbonyl (C=O) groups excluding carboxylic acids is 1. The second-order valence-corrected chi connectivity index (χ2v) is 3.42. The van der Waals surface area contributed by atoms with Crippen molar-refractivity contribution in [3.05, 3.63) is 34.6 Å². The van der Waals surface area contributed by atoms with Gasteiger partial charge in [0, 0.05) is 11.2 Å². The molecule has 0 N–H and O–H groups in total. The van der Waals surface area contributed by atoms with Gasteiger partial charge >= 0.3 is 0 Å². The first kappa shape index (κ1) is 11.7. The Hall–Kier alpha value is -1.35. The number of carbonyl (C=O) groups is 1. The smallest absolute Gasteiger partial charge is 0.172 e. The molecule has 0 aromatic carbocycles. The maximum Gasteiger partial charge on any atom is 0.172 e. The Morgan fingerprint density at radius 1 is 1.60 bits per heavy atom. The van der Waals surface area contributed by atoms with Gasteiger partial charge in [-0.3, -0.25) is 4.79 Å². The average molecular weight is 226 g/mol. The highest BCUT2D eigenvalue weighted by molar-refractivity contribution is 6.25. The lowest BCUT2D eigenvalue weighted by Gasteiger charge is -2.07. The van der Waals surface area contributed by atoms with Crippen LogP contribution in [0.2, 0.25) is 0 Å². The van der Waals surface area contributed by atoms with Crippen LogP contribution in [0.5, 0.6) is 5.75 Å². The summed E-state index contributed by atoms with van der Waals surface area (Å²) >= 11 is 5.49. The minimum Gasteiger partial charge on any atom is -0.487 e. The number of aldehydes is 1. The molecule has 0 fully saturated rings. The third-order valence-corrected chi connectivity index (χ3v) is 2.15. The molecule has 0 spiro atoms. The molecule has 0 atom stereocenters. The van der Waals surface area contributed by atoms with Crippen LogP contribution in [0.4, 0.5) is 0 Å². The van der Waals surface area contributed by atoms with Crippen molar-refractivity contribution in [2.75, 3.05) is 6.61 Å². The van der Waals surface area contributed by atoms with Crippen LogP contribution < -0.4 is 4.74 Å². The number of hydrogen-bond acceptors (Lipinski definition) is 3. The molecule has 1 aromatic heterocycles. The second-order valence-electron chi connectivity index (χ2n) is 3.20. The van der Waals surface area contributed by atoms with Gasteiger partial charge in [0.2, 0.25) is 0 Å². The van der Waals surface area contributed by atoms with Crippen molar-refractivity contribution in [1.82, 2.24) is 4.98 Å². The van der Waals surface area contributed by atoms with Gasteiger partial charge in [0.05, 0.1) is 0 Å². The molecule has 1 heterocycles. The van der Waals surface area contributed by atoms with E-state index in [0.29, 0.717) is 24.3 Å². The van der Waals surface area contributed by atoms with Crippen molar-refractivity contribution < 1.29 is 9.53 Å². The molecule has 0 unspecified atom stereocenters. The first-order valence-electron chi connectivity index (χ1n) is 4.49. The Kier molecular flexibility index (Phi) is 4.31. The quantitative estimate of drug-likeness (QED) is 0.740. The fourth-order valence-corrected chi connectivity index (χ4v) is 1.06. The van der Waals surface area contributed by atoms with Gasteiger partial charge in [-0.1, -0.05) is 11.6 Å². The second kappa shape index (κ2) is 5.51. The largest absolute Gasteiger partial charge is 0.487 e. The van der Waals surface area contributed by atoms with Crippen LogP contribution >= 0.6 is 11.6 Å². The topological polar surface area (TPSA) is 39.2 Å². The van der Waals surface area contributed by atoms with Crippen molar-refractivity contribution >= 4 is 17.9 Å². The van der Waals surface area contributed by atoms with Crippen LogP contribution in [-0.4, -0.2) is 17.9 Å².